The van der Waals surface area contributed by atoms with Gasteiger partial charge in [-0.1, -0.05) is 4.49 Å². The zero-order valence-electron chi connectivity index (χ0n) is 9.12. The maximum atomic E-state index is 11.9. The van der Waals surface area contributed by atoms with Crippen LogP contribution in [0.2, 0.25) is 0 Å². The third-order valence-corrected chi connectivity index (χ3v) is 2.93. The van der Waals surface area contributed by atoms with E-state index in [1.165, 1.54) is 0 Å². The molecular weight excluding hydrogens is 226 g/mol. The third-order valence-electron chi connectivity index (χ3n) is 2.34. The highest BCUT2D eigenvalue weighted by molar-refractivity contribution is 7.09. The molecule has 2 N–H and O–H groups in total. The van der Waals surface area contributed by atoms with Crippen LogP contribution in [0, 0.1) is 0 Å². The number of imidazole rings is 1. The largest absolute Gasteiger partial charge is 0.388 e. The van der Waals surface area contributed by atoms with E-state index in [2.05, 4.69) is 9.59 Å². The standard InChI is InChI=1S/C9H13N5OS/c1-6(2)14-4-3-13(9(14)15)5-7-8(10)16-12-11-7/h3-4,6H,5,10H2,1-2H3. The first-order valence-electron chi connectivity index (χ1n) is 4.93. The molecule has 0 amide bonds. The summed E-state index contributed by atoms with van der Waals surface area (Å²) in [6.45, 7) is 4.30. The molecule has 2 aromatic rings. The van der Waals surface area contributed by atoms with Crippen LogP contribution in [0.5, 0.6) is 0 Å². The van der Waals surface area contributed by atoms with E-state index in [9.17, 15) is 4.79 Å². The van der Waals surface area contributed by atoms with Gasteiger partial charge in [0.1, 0.15) is 10.7 Å². The number of aromatic nitrogens is 4. The van der Waals surface area contributed by atoms with Gasteiger partial charge in [-0.3, -0.25) is 9.13 Å². The average molecular weight is 239 g/mol. The Bertz CT molecular complexity index is 538. The lowest BCUT2D eigenvalue weighted by Gasteiger charge is -2.04. The fourth-order valence-electron chi connectivity index (χ4n) is 1.43. The van der Waals surface area contributed by atoms with Gasteiger partial charge >= 0.3 is 5.69 Å². The smallest absolute Gasteiger partial charge is 0.328 e. The van der Waals surface area contributed by atoms with E-state index in [-0.39, 0.29) is 11.7 Å². The van der Waals surface area contributed by atoms with Gasteiger partial charge in [-0.2, -0.15) is 0 Å². The Morgan fingerprint density at radius 2 is 2.25 bits per heavy atom. The van der Waals surface area contributed by atoms with Crippen molar-refractivity contribution in [2.24, 2.45) is 0 Å². The van der Waals surface area contributed by atoms with Crippen LogP contribution < -0.4 is 11.4 Å². The summed E-state index contributed by atoms with van der Waals surface area (Å²) in [5.41, 5.74) is 6.27. The molecule has 6 nitrogen and oxygen atoms in total. The quantitative estimate of drug-likeness (QED) is 0.855. The Kier molecular flexibility index (Phi) is 2.78. The van der Waals surface area contributed by atoms with Crippen LogP contribution in [0.3, 0.4) is 0 Å². The Hall–Kier alpha value is -1.63. The van der Waals surface area contributed by atoms with Gasteiger partial charge in [-0.05, 0) is 13.8 Å². The molecule has 0 radical (unpaired) electrons. The molecule has 2 aromatic heterocycles. The van der Waals surface area contributed by atoms with E-state index in [1.807, 2.05) is 13.8 Å². The highest BCUT2D eigenvalue weighted by atomic mass is 32.1. The number of hydrogen-bond acceptors (Lipinski definition) is 5. The van der Waals surface area contributed by atoms with E-state index in [0.717, 1.165) is 11.5 Å². The van der Waals surface area contributed by atoms with Gasteiger partial charge in [0.15, 0.2) is 0 Å². The van der Waals surface area contributed by atoms with Gasteiger partial charge in [0.25, 0.3) is 0 Å². The van der Waals surface area contributed by atoms with E-state index >= 15 is 0 Å². The van der Waals surface area contributed by atoms with Crippen molar-refractivity contribution in [2.75, 3.05) is 5.73 Å². The van der Waals surface area contributed by atoms with Crippen molar-refractivity contribution in [3.05, 3.63) is 28.6 Å². The number of anilines is 1. The Labute approximate surface area is 96.5 Å². The van der Waals surface area contributed by atoms with Crippen molar-refractivity contribution in [1.29, 1.82) is 0 Å². The van der Waals surface area contributed by atoms with Gasteiger partial charge in [0.05, 0.1) is 6.54 Å². The van der Waals surface area contributed by atoms with Gasteiger partial charge in [0.2, 0.25) is 0 Å². The second-order valence-corrected chi connectivity index (χ2v) is 4.58. The summed E-state index contributed by atoms with van der Waals surface area (Å²) < 4.78 is 6.97. The maximum Gasteiger partial charge on any atom is 0.328 e. The Balaban J connectivity index is 2.30. The van der Waals surface area contributed by atoms with Gasteiger partial charge in [0, 0.05) is 30.0 Å². The fourth-order valence-corrected chi connectivity index (χ4v) is 1.87. The highest BCUT2D eigenvalue weighted by Gasteiger charge is 2.10. The molecule has 0 atom stereocenters. The molecule has 0 bridgehead atoms. The van der Waals surface area contributed by atoms with E-state index in [0.29, 0.717) is 17.2 Å². The van der Waals surface area contributed by atoms with Gasteiger partial charge < -0.3 is 5.73 Å². The second kappa shape index (κ2) is 4.09. The summed E-state index contributed by atoms with van der Waals surface area (Å²) >= 11 is 1.14. The molecule has 0 aromatic carbocycles. The molecule has 0 fully saturated rings. The molecule has 0 spiro atoms. The van der Waals surface area contributed by atoms with Gasteiger partial charge in [-0.15, -0.1) is 5.10 Å². The predicted octanol–water partition coefficient (Wildman–Crippen LogP) is 0.713. The van der Waals surface area contributed by atoms with Crippen molar-refractivity contribution >= 4 is 16.5 Å². The first-order valence-corrected chi connectivity index (χ1v) is 5.71. The summed E-state index contributed by atoms with van der Waals surface area (Å²) in [5.74, 6) is 0. The minimum atomic E-state index is -0.0533. The average Bonchev–Trinajstić information content (AvgIpc) is 2.76. The fraction of sp³-hybridized carbons (Fsp3) is 0.444. The van der Waals surface area contributed by atoms with Crippen LogP contribution in [-0.4, -0.2) is 18.7 Å². The normalized spacial score (nSPS) is 11.2. The molecule has 0 aliphatic carbocycles. The molecule has 2 heterocycles. The van der Waals surface area contributed by atoms with Crippen LogP contribution in [-0.2, 0) is 6.54 Å². The number of hydrogen-bond donors (Lipinski definition) is 1. The zero-order valence-corrected chi connectivity index (χ0v) is 9.94. The monoisotopic (exact) mass is 239 g/mol. The molecule has 0 aliphatic rings. The lowest BCUT2D eigenvalue weighted by atomic mass is 10.4. The van der Waals surface area contributed by atoms with Crippen LogP contribution in [0.15, 0.2) is 17.2 Å². The second-order valence-electron chi connectivity index (χ2n) is 3.79. The molecule has 0 unspecified atom stereocenters. The third kappa shape index (κ3) is 1.85. The summed E-state index contributed by atoms with van der Waals surface area (Å²) in [5, 5.41) is 4.44. The molecule has 0 aliphatic heterocycles. The lowest BCUT2D eigenvalue weighted by Crippen LogP contribution is -2.25. The summed E-state index contributed by atoms with van der Waals surface area (Å²) in [4.78, 5) is 11.9. The number of rotatable bonds is 3. The maximum absolute atomic E-state index is 11.9. The van der Waals surface area contributed by atoms with Gasteiger partial charge in [-0.25, -0.2) is 4.79 Å². The van der Waals surface area contributed by atoms with E-state index in [1.54, 1.807) is 21.5 Å². The van der Waals surface area contributed by atoms with Crippen molar-refractivity contribution in [1.82, 2.24) is 18.7 Å². The summed E-state index contributed by atoms with van der Waals surface area (Å²) in [6, 6.07) is 0.152. The van der Waals surface area contributed by atoms with Crippen LogP contribution in [0.4, 0.5) is 5.00 Å². The first-order chi connectivity index (χ1) is 7.59. The molecule has 2 rings (SSSR count). The number of nitrogens with zero attached hydrogens (tertiary/aromatic N) is 4. The van der Waals surface area contributed by atoms with Crippen molar-refractivity contribution in [3.8, 4) is 0 Å². The first kappa shape index (κ1) is 10.9. The topological polar surface area (TPSA) is 78.7 Å². The van der Waals surface area contributed by atoms with Crippen LogP contribution in [0.1, 0.15) is 25.6 Å². The van der Waals surface area contributed by atoms with E-state index in [4.69, 9.17) is 5.73 Å². The minimum absolute atomic E-state index is 0.0533. The Morgan fingerprint density at radius 1 is 1.50 bits per heavy atom. The zero-order chi connectivity index (χ0) is 11.7. The molecule has 0 saturated carbocycles. The van der Waals surface area contributed by atoms with E-state index < -0.39 is 0 Å². The summed E-state index contributed by atoms with van der Waals surface area (Å²) in [6.07, 6.45) is 3.50. The molecule has 0 saturated heterocycles. The Morgan fingerprint density at radius 3 is 2.75 bits per heavy atom. The summed E-state index contributed by atoms with van der Waals surface area (Å²) in [7, 11) is 0. The number of nitrogens with two attached hydrogens (primary N) is 1. The SMILES string of the molecule is CC(C)n1ccn(Cc2nnsc2N)c1=O. The van der Waals surface area contributed by atoms with Crippen LogP contribution >= 0.6 is 11.5 Å². The van der Waals surface area contributed by atoms with Crippen molar-refractivity contribution in [3.63, 3.8) is 0 Å². The molecule has 7 heteroatoms. The highest BCUT2D eigenvalue weighted by Crippen LogP contribution is 2.13. The molecular formula is C9H13N5OS. The lowest BCUT2D eigenvalue weighted by molar-refractivity contribution is 0.560. The number of nitrogen functional groups attached to an aromatic ring is 1. The van der Waals surface area contributed by atoms with Crippen molar-refractivity contribution < 1.29 is 0 Å². The molecule has 16 heavy (non-hydrogen) atoms. The van der Waals surface area contributed by atoms with Crippen LogP contribution in [0.25, 0.3) is 0 Å². The predicted molar refractivity (Wildman–Crippen MR) is 62.5 cm³/mol. The van der Waals surface area contributed by atoms with Crippen molar-refractivity contribution in [2.45, 2.75) is 26.4 Å². The molecule has 86 valence electrons. The minimum Gasteiger partial charge on any atom is -0.388 e.